The van der Waals surface area contributed by atoms with Crippen LogP contribution in [0.5, 0.6) is 0 Å². The predicted molar refractivity (Wildman–Crippen MR) is 69.8 cm³/mol. The molecule has 4 heteroatoms. The number of hydrogen-bond acceptors (Lipinski definition) is 3. The van der Waals surface area contributed by atoms with Gasteiger partial charge in [0.25, 0.3) is 0 Å². The summed E-state index contributed by atoms with van der Waals surface area (Å²) < 4.78 is 2.02. The van der Waals surface area contributed by atoms with Crippen molar-refractivity contribution in [3.63, 3.8) is 0 Å². The summed E-state index contributed by atoms with van der Waals surface area (Å²) in [5.41, 5.74) is 8.39. The second-order valence-electron chi connectivity index (χ2n) is 4.40. The third kappa shape index (κ3) is 2.41. The molecule has 2 aromatic rings. The molecule has 0 amide bonds. The maximum atomic E-state index is 9.06. The maximum Gasteiger partial charge on any atom is 0.106 e. The van der Waals surface area contributed by atoms with E-state index in [2.05, 4.69) is 11.1 Å². The molecule has 0 fully saturated rings. The highest BCUT2D eigenvalue weighted by molar-refractivity contribution is 5.37. The SMILES string of the molecule is Cc1nc(C(C)N)cn1Cc1ccccc1C#N. The lowest BCUT2D eigenvalue weighted by Crippen LogP contribution is -2.05. The quantitative estimate of drug-likeness (QED) is 0.893. The highest BCUT2D eigenvalue weighted by atomic mass is 15.1. The van der Waals surface area contributed by atoms with E-state index in [1.165, 1.54) is 0 Å². The van der Waals surface area contributed by atoms with Crippen LogP contribution in [0.4, 0.5) is 0 Å². The third-order valence-electron chi connectivity index (χ3n) is 2.94. The minimum Gasteiger partial charge on any atom is -0.330 e. The lowest BCUT2D eigenvalue weighted by atomic mass is 10.1. The Labute approximate surface area is 107 Å². The average Bonchev–Trinajstić information content (AvgIpc) is 2.72. The van der Waals surface area contributed by atoms with Crippen LogP contribution in [-0.2, 0) is 6.54 Å². The summed E-state index contributed by atoms with van der Waals surface area (Å²) in [5.74, 6) is 0.912. The van der Waals surface area contributed by atoms with E-state index >= 15 is 0 Å². The Kier molecular flexibility index (Phi) is 3.45. The molecule has 0 aliphatic heterocycles. The molecule has 1 aromatic heterocycles. The molecule has 0 spiro atoms. The molecule has 1 unspecified atom stereocenters. The molecule has 0 saturated carbocycles. The molecule has 2 rings (SSSR count). The van der Waals surface area contributed by atoms with Crippen LogP contribution in [0.15, 0.2) is 30.5 Å². The summed E-state index contributed by atoms with van der Waals surface area (Å²) >= 11 is 0. The van der Waals surface area contributed by atoms with Crippen molar-refractivity contribution >= 4 is 0 Å². The molecule has 18 heavy (non-hydrogen) atoms. The molecule has 0 aliphatic rings. The molecule has 0 aliphatic carbocycles. The van der Waals surface area contributed by atoms with Crippen molar-refractivity contribution in [3.8, 4) is 6.07 Å². The lowest BCUT2D eigenvalue weighted by Gasteiger charge is -2.06. The predicted octanol–water partition coefficient (Wildman–Crippen LogP) is 2.13. The van der Waals surface area contributed by atoms with Gasteiger partial charge in [-0.25, -0.2) is 4.98 Å². The number of rotatable bonds is 3. The first-order valence-corrected chi connectivity index (χ1v) is 5.89. The molecule has 0 radical (unpaired) electrons. The van der Waals surface area contributed by atoms with Crippen LogP contribution in [0, 0.1) is 18.3 Å². The fourth-order valence-electron chi connectivity index (χ4n) is 1.86. The topological polar surface area (TPSA) is 67.6 Å². The second-order valence-corrected chi connectivity index (χ2v) is 4.40. The van der Waals surface area contributed by atoms with Gasteiger partial charge in [0, 0.05) is 12.2 Å². The minimum absolute atomic E-state index is 0.0730. The second kappa shape index (κ2) is 5.03. The van der Waals surface area contributed by atoms with Gasteiger partial charge in [-0.15, -0.1) is 0 Å². The van der Waals surface area contributed by atoms with E-state index in [0.29, 0.717) is 12.1 Å². The summed E-state index contributed by atoms with van der Waals surface area (Å²) in [7, 11) is 0. The normalized spacial score (nSPS) is 12.1. The number of nitrogens with zero attached hydrogens (tertiary/aromatic N) is 3. The van der Waals surface area contributed by atoms with Gasteiger partial charge < -0.3 is 10.3 Å². The number of aryl methyl sites for hydroxylation is 1. The Balaban J connectivity index is 2.32. The maximum absolute atomic E-state index is 9.06. The number of imidazole rings is 1. The van der Waals surface area contributed by atoms with Gasteiger partial charge in [0.1, 0.15) is 5.82 Å². The highest BCUT2D eigenvalue weighted by Gasteiger charge is 2.09. The van der Waals surface area contributed by atoms with Crippen molar-refractivity contribution in [2.75, 3.05) is 0 Å². The standard InChI is InChI=1S/C14H16N4/c1-10(16)14-9-18(11(2)17-14)8-13-6-4-3-5-12(13)7-15/h3-6,9-10H,8,16H2,1-2H3. The summed E-state index contributed by atoms with van der Waals surface area (Å²) in [6.45, 7) is 4.51. The van der Waals surface area contributed by atoms with Crippen molar-refractivity contribution < 1.29 is 0 Å². The number of nitriles is 1. The molecular formula is C14H16N4. The zero-order valence-corrected chi connectivity index (χ0v) is 10.6. The Morgan fingerprint density at radius 1 is 1.44 bits per heavy atom. The zero-order valence-electron chi connectivity index (χ0n) is 10.6. The van der Waals surface area contributed by atoms with E-state index < -0.39 is 0 Å². The van der Waals surface area contributed by atoms with Gasteiger partial charge in [-0.1, -0.05) is 18.2 Å². The van der Waals surface area contributed by atoms with Gasteiger partial charge in [0.2, 0.25) is 0 Å². The van der Waals surface area contributed by atoms with Crippen LogP contribution >= 0.6 is 0 Å². The molecule has 92 valence electrons. The van der Waals surface area contributed by atoms with E-state index in [4.69, 9.17) is 11.0 Å². The Hall–Kier alpha value is -2.12. The van der Waals surface area contributed by atoms with Crippen molar-refractivity contribution in [1.82, 2.24) is 9.55 Å². The summed E-state index contributed by atoms with van der Waals surface area (Å²) in [5, 5.41) is 9.06. The van der Waals surface area contributed by atoms with Gasteiger partial charge >= 0.3 is 0 Å². The van der Waals surface area contributed by atoms with E-state index in [1.807, 2.05) is 48.9 Å². The fourth-order valence-corrected chi connectivity index (χ4v) is 1.86. The Morgan fingerprint density at radius 2 is 2.17 bits per heavy atom. The van der Waals surface area contributed by atoms with Gasteiger partial charge in [-0.2, -0.15) is 5.26 Å². The molecule has 4 nitrogen and oxygen atoms in total. The van der Waals surface area contributed by atoms with Crippen LogP contribution in [0.3, 0.4) is 0 Å². The van der Waals surface area contributed by atoms with E-state index in [-0.39, 0.29) is 6.04 Å². The first-order valence-electron chi connectivity index (χ1n) is 5.89. The molecule has 0 bridgehead atoms. The van der Waals surface area contributed by atoms with Crippen LogP contribution in [0.1, 0.15) is 35.6 Å². The zero-order chi connectivity index (χ0) is 13.1. The van der Waals surface area contributed by atoms with E-state index in [0.717, 1.165) is 17.1 Å². The largest absolute Gasteiger partial charge is 0.330 e. The van der Waals surface area contributed by atoms with Crippen molar-refractivity contribution in [2.45, 2.75) is 26.4 Å². The smallest absolute Gasteiger partial charge is 0.106 e. The monoisotopic (exact) mass is 240 g/mol. The molecular weight excluding hydrogens is 224 g/mol. The van der Waals surface area contributed by atoms with E-state index in [9.17, 15) is 0 Å². The first kappa shape index (κ1) is 12.3. The van der Waals surface area contributed by atoms with Gasteiger partial charge in [-0.05, 0) is 25.5 Å². The minimum atomic E-state index is -0.0730. The summed E-state index contributed by atoms with van der Waals surface area (Å²) in [6, 6.07) is 9.73. The Morgan fingerprint density at radius 3 is 2.78 bits per heavy atom. The average molecular weight is 240 g/mol. The summed E-state index contributed by atoms with van der Waals surface area (Å²) in [6.07, 6.45) is 1.95. The summed E-state index contributed by atoms with van der Waals surface area (Å²) in [4.78, 5) is 4.42. The van der Waals surface area contributed by atoms with Crippen molar-refractivity contribution in [2.24, 2.45) is 5.73 Å². The third-order valence-corrected chi connectivity index (χ3v) is 2.94. The molecule has 2 N–H and O–H groups in total. The van der Waals surface area contributed by atoms with Crippen LogP contribution in [-0.4, -0.2) is 9.55 Å². The molecule has 0 saturated heterocycles. The number of aromatic nitrogens is 2. The van der Waals surface area contributed by atoms with Crippen LogP contribution in [0.25, 0.3) is 0 Å². The number of nitrogens with two attached hydrogens (primary N) is 1. The number of hydrogen-bond donors (Lipinski definition) is 1. The lowest BCUT2D eigenvalue weighted by molar-refractivity contribution is 0.758. The first-order chi connectivity index (χ1) is 8.61. The molecule has 1 atom stereocenters. The highest BCUT2D eigenvalue weighted by Crippen LogP contribution is 2.14. The van der Waals surface area contributed by atoms with Gasteiger partial charge in [0.15, 0.2) is 0 Å². The van der Waals surface area contributed by atoms with Gasteiger partial charge in [0.05, 0.1) is 23.9 Å². The van der Waals surface area contributed by atoms with Crippen LogP contribution in [0.2, 0.25) is 0 Å². The fraction of sp³-hybridized carbons (Fsp3) is 0.286. The van der Waals surface area contributed by atoms with Crippen LogP contribution < -0.4 is 5.73 Å². The van der Waals surface area contributed by atoms with Crippen molar-refractivity contribution in [3.05, 3.63) is 53.1 Å². The Bertz CT molecular complexity index is 590. The van der Waals surface area contributed by atoms with Gasteiger partial charge in [-0.3, -0.25) is 0 Å². The van der Waals surface area contributed by atoms with Crippen molar-refractivity contribution in [1.29, 1.82) is 5.26 Å². The molecule has 1 heterocycles. The number of benzene rings is 1. The van der Waals surface area contributed by atoms with E-state index in [1.54, 1.807) is 0 Å². The molecule has 1 aromatic carbocycles.